The van der Waals surface area contributed by atoms with E-state index in [1.54, 1.807) is 19.2 Å². The Morgan fingerprint density at radius 1 is 1.47 bits per heavy atom. The Balaban J connectivity index is 3.02. The lowest BCUT2D eigenvalue weighted by Crippen LogP contribution is -2.35. The molecule has 0 aliphatic carbocycles. The van der Waals surface area contributed by atoms with Crippen LogP contribution in [-0.2, 0) is 4.74 Å². The zero-order valence-electron chi connectivity index (χ0n) is 12.1. The van der Waals surface area contributed by atoms with Crippen LogP contribution in [0.1, 0.15) is 37.6 Å². The minimum absolute atomic E-state index is 0.0377. The quantitative estimate of drug-likeness (QED) is 0.770. The van der Waals surface area contributed by atoms with Gasteiger partial charge in [-0.25, -0.2) is 0 Å². The standard InChI is InChI=1S/C15H23NO3/c1-5-11(2)16(8-9-19-4)13-6-7-14(12(3)17)15(18)10-13/h6-7,10-11,18H,5,8-9H2,1-4H3. The molecule has 0 saturated carbocycles. The first kappa shape index (κ1) is 15.5. The monoisotopic (exact) mass is 265 g/mol. The number of benzene rings is 1. The number of phenols is 1. The van der Waals surface area contributed by atoms with Gasteiger partial charge >= 0.3 is 0 Å². The van der Waals surface area contributed by atoms with Gasteiger partial charge < -0.3 is 14.7 Å². The van der Waals surface area contributed by atoms with Crippen molar-refractivity contribution in [3.05, 3.63) is 23.8 Å². The number of ketones is 1. The molecule has 0 heterocycles. The number of rotatable bonds is 7. The van der Waals surface area contributed by atoms with Crippen LogP contribution in [0.25, 0.3) is 0 Å². The van der Waals surface area contributed by atoms with Crippen LogP contribution in [0, 0.1) is 0 Å². The van der Waals surface area contributed by atoms with Gasteiger partial charge in [0.05, 0.1) is 12.2 Å². The minimum Gasteiger partial charge on any atom is -0.507 e. The maximum atomic E-state index is 11.3. The summed E-state index contributed by atoms with van der Waals surface area (Å²) in [4.78, 5) is 13.5. The smallest absolute Gasteiger partial charge is 0.163 e. The molecule has 19 heavy (non-hydrogen) atoms. The average molecular weight is 265 g/mol. The molecule has 0 amide bonds. The van der Waals surface area contributed by atoms with E-state index in [0.717, 1.165) is 18.7 Å². The zero-order valence-corrected chi connectivity index (χ0v) is 12.1. The molecule has 1 aromatic carbocycles. The lowest BCUT2D eigenvalue weighted by molar-refractivity contribution is 0.101. The third-order valence-corrected chi connectivity index (χ3v) is 3.35. The van der Waals surface area contributed by atoms with Crippen LogP contribution in [0.5, 0.6) is 5.75 Å². The van der Waals surface area contributed by atoms with Crippen LogP contribution in [0.3, 0.4) is 0 Å². The fourth-order valence-corrected chi connectivity index (χ4v) is 2.01. The van der Waals surface area contributed by atoms with Gasteiger partial charge in [0.15, 0.2) is 5.78 Å². The number of Topliss-reactive ketones (excluding diaryl/α,β-unsaturated/α-hetero) is 1. The molecule has 1 atom stereocenters. The van der Waals surface area contributed by atoms with Gasteiger partial charge in [-0.05, 0) is 32.4 Å². The van der Waals surface area contributed by atoms with Crippen LogP contribution in [-0.4, -0.2) is 37.2 Å². The number of ether oxygens (including phenoxy) is 1. The Morgan fingerprint density at radius 2 is 2.16 bits per heavy atom. The number of aromatic hydroxyl groups is 1. The first-order valence-electron chi connectivity index (χ1n) is 6.60. The molecule has 0 spiro atoms. The van der Waals surface area contributed by atoms with Crippen LogP contribution in [0.2, 0.25) is 0 Å². The summed E-state index contributed by atoms with van der Waals surface area (Å²) in [5.74, 6) is -0.0910. The number of hydrogen-bond donors (Lipinski definition) is 1. The van der Waals surface area contributed by atoms with E-state index in [2.05, 4.69) is 18.7 Å². The van der Waals surface area contributed by atoms with Crippen molar-refractivity contribution in [1.82, 2.24) is 0 Å². The molecule has 4 nitrogen and oxygen atoms in total. The van der Waals surface area contributed by atoms with Crippen molar-refractivity contribution in [2.75, 3.05) is 25.2 Å². The molecule has 1 N–H and O–H groups in total. The Morgan fingerprint density at radius 3 is 2.63 bits per heavy atom. The highest BCUT2D eigenvalue weighted by atomic mass is 16.5. The maximum absolute atomic E-state index is 11.3. The van der Waals surface area contributed by atoms with Crippen molar-refractivity contribution in [3.63, 3.8) is 0 Å². The van der Waals surface area contributed by atoms with Gasteiger partial charge in [-0.3, -0.25) is 4.79 Å². The number of carbonyl (C=O) groups excluding carboxylic acids is 1. The fraction of sp³-hybridized carbons (Fsp3) is 0.533. The predicted molar refractivity (Wildman–Crippen MR) is 77.1 cm³/mol. The van der Waals surface area contributed by atoms with Gasteiger partial charge in [0.25, 0.3) is 0 Å². The van der Waals surface area contributed by atoms with Gasteiger partial charge in [0, 0.05) is 31.5 Å². The van der Waals surface area contributed by atoms with E-state index in [4.69, 9.17) is 4.74 Å². The second-order valence-electron chi connectivity index (χ2n) is 4.70. The lowest BCUT2D eigenvalue weighted by atomic mass is 10.1. The molecule has 0 fully saturated rings. The molecule has 106 valence electrons. The summed E-state index contributed by atoms with van der Waals surface area (Å²) < 4.78 is 5.12. The number of phenolic OH excluding ortho intramolecular Hbond substituents is 1. The Bertz CT molecular complexity index is 431. The first-order chi connectivity index (χ1) is 9.01. The molecule has 0 radical (unpaired) electrons. The molecular formula is C15H23NO3. The maximum Gasteiger partial charge on any atom is 0.163 e. The average Bonchev–Trinajstić information content (AvgIpc) is 2.38. The van der Waals surface area contributed by atoms with Crippen molar-refractivity contribution < 1.29 is 14.6 Å². The van der Waals surface area contributed by atoms with E-state index in [-0.39, 0.29) is 11.5 Å². The highest BCUT2D eigenvalue weighted by Crippen LogP contribution is 2.26. The predicted octanol–water partition coefficient (Wildman–Crippen LogP) is 2.85. The highest BCUT2D eigenvalue weighted by molar-refractivity contribution is 5.97. The van der Waals surface area contributed by atoms with Crippen molar-refractivity contribution in [3.8, 4) is 5.75 Å². The number of methoxy groups -OCH3 is 1. The molecule has 1 unspecified atom stereocenters. The van der Waals surface area contributed by atoms with Crippen molar-refractivity contribution in [1.29, 1.82) is 0 Å². The van der Waals surface area contributed by atoms with Gasteiger partial charge in [-0.15, -0.1) is 0 Å². The van der Waals surface area contributed by atoms with E-state index >= 15 is 0 Å². The van der Waals surface area contributed by atoms with Crippen LogP contribution >= 0.6 is 0 Å². The normalized spacial score (nSPS) is 12.2. The molecular weight excluding hydrogens is 242 g/mol. The Hall–Kier alpha value is -1.55. The van der Waals surface area contributed by atoms with Crippen LogP contribution in [0.15, 0.2) is 18.2 Å². The summed E-state index contributed by atoms with van der Waals surface area (Å²) in [5, 5.41) is 9.91. The third kappa shape index (κ3) is 3.96. The number of nitrogens with zero attached hydrogens (tertiary/aromatic N) is 1. The number of hydrogen-bond acceptors (Lipinski definition) is 4. The largest absolute Gasteiger partial charge is 0.507 e. The van der Waals surface area contributed by atoms with Crippen molar-refractivity contribution in [2.24, 2.45) is 0 Å². The molecule has 4 heteroatoms. The molecule has 0 aliphatic heterocycles. The molecule has 1 aromatic rings. The van der Waals surface area contributed by atoms with Gasteiger partial charge in [0.1, 0.15) is 5.75 Å². The summed E-state index contributed by atoms with van der Waals surface area (Å²) >= 11 is 0. The molecule has 1 rings (SSSR count). The fourth-order valence-electron chi connectivity index (χ4n) is 2.01. The topological polar surface area (TPSA) is 49.8 Å². The first-order valence-corrected chi connectivity index (χ1v) is 6.60. The van der Waals surface area contributed by atoms with Crippen molar-refractivity contribution in [2.45, 2.75) is 33.2 Å². The van der Waals surface area contributed by atoms with E-state index in [9.17, 15) is 9.90 Å². The minimum atomic E-state index is -0.129. The summed E-state index contributed by atoms with van der Waals surface area (Å²) in [6.45, 7) is 7.08. The van der Waals surface area contributed by atoms with Crippen LogP contribution in [0.4, 0.5) is 5.69 Å². The summed E-state index contributed by atoms with van der Waals surface area (Å²) in [7, 11) is 1.67. The van der Waals surface area contributed by atoms with Crippen molar-refractivity contribution >= 4 is 11.5 Å². The zero-order chi connectivity index (χ0) is 14.4. The number of anilines is 1. The van der Waals surface area contributed by atoms with Gasteiger partial charge in [-0.1, -0.05) is 6.92 Å². The highest BCUT2D eigenvalue weighted by Gasteiger charge is 2.15. The van der Waals surface area contributed by atoms with E-state index < -0.39 is 0 Å². The Kier molecular flexibility index (Phi) is 5.83. The third-order valence-electron chi connectivity index (χ3n) is 3.35. The molecule has 0 bridgehead atoms. The molecule has 0 saturated heterocycles. The SMILES string of the molecule is CCC(C)N(CCOC)c1ccc(C(C)=O)c(O)c1. The van der Waals surface area contributed by atoms with Gasteiger partial charge in [0.2, 0.25) is 0 Å². The molecule has 0 aromatic heterocycles. The summed E-state index contributed by atoms with van der Waals surface area (Å²) in [6.07, 6.45) is 0.999. The summed E-state index contributed by atoms with van der Waals surface area (Å²) in [6, 6.07) is 5.55. The van der Waals surface area contributed by atoms with Gasteiger partial charge in [-0.2, -0.15) is 0 Å². The van der Waals surface area contributed by atoms with Crippen LogP contribution < -0.4 is 4.90 Å². The number of carbonyl (C=O) groups is 1. The second-order valence-corrected chi connectivity index (χ2v) is 4.70. The molecule has 0 aliphatic rings. The summed E-state index contributed by atoms with van der Waals surface area (Å²) in [5.41, 5.74) is 1.27. The second kappa shape index (κ2) is 7.14. The van der Waals surface area contributed by atoms with E-state index in [1.807, 2.05) is 6.07 Å². The lowest BCUT2D eigenvalue weighted by Gasteiger charge is -2.30. The van der Waals surface area contributed by atoms with E-state index in [1.165, 1.54) is 6.92 Å². The van der Waals surface area contributed by atoms with E-state index in [0.29, 0.717) is 18.2 Å². The Labute approximate surface area is 115 Å².